The highest BCUT2D eigenvalue weighted by atomic mass is 16.6. The van der Waals surface area contributed by atoms with Crippen molar-refractivity contribution in [2.45, 2.75) is 19.8 Å². The second-order valence-electron chi connectivity index (χ2n) is 4.83. The van der Waals surface area contributed by atoms with E-state index in [-0.39, 0.29) is 18.1 Å². The zero-order chi connectivity index (χ0) is 13.8. The van der Waals surface area contributed by atoms with Crippen molar-refractivity contribution in [1.82, 2.24) is 5.32 Å². The van der Waals surface area contributed by atoms with E-state index in [1.165, 1.54) is 18.9 Å². The summed E-state index contributed by atoms with van der Waals surface area (Å²) >= 11 is 0. The molecule has 0 bridgehead atoms. The number of amides is 1. The number of para-hydroxylation sites is 1. The first kappa shape index (κ1) is 13.3. The van der Waals surface area contributed by atoms with Gasteiger partial charge < -0.3 is 10.6 Å². The van der Waals surface area contributed by atoms with Crippen LogP contribution in [0.1, 0.15) is 18.4 Å². The molecule has 1 saturated carbocycles. The van der Waals surface area contributed by atoms with Gasteiger partial charge in [0.2, 0.25) is 5.91 Å². The van der Waals surface area contributed by atoms with Crippen molar-refractivity contribution in [3.05, 3.63) is 33.9 Å². The maximum Gasteiger partial charge on any atom is 0.292 e. The molecule has 2 N–H and O–H groups in total. The number of aryl methyl sites for hydroxylation is 1. The lowest BCUT2D eigenvalue weighted by molar-refractivity contribution is -0.384. The summed E-state index contributed by atoms with van der Waals surface area (Å²) in [5.74, 6) is 0.487. The minimum atomic E-state index is -0.447. The highest BCUT2D eigenvalue weighted by molar-refractivity contribution is 5.82. The number of nitro groups is 1. The number of benzene rings is 1. The average molecular weight is 263 g/mol. The Balaban J connectivity index is 1.94. The molecule has 0 atom stereocenters. The van der Waals surface area contributed by atoms with Crippen LogP contribution in [-0.2, 0) is 4.79 Å². The van der Waals surface area contributed by atoms with Gasteiger partial charge in [0.25, 0.3) is 5.69 Å². The molecule has 1 aromatic carbocycles. The normalized spacial score (nSPS) is 13.9. The van der Waals surface area contributed by atoms with Gasteiger partial charge >= 0.3 is 0 Å². The molecule has 0 radical (unpaired) electrons. The first-order valence-corrected chi connectivity index (χ1v) is 6.32. The SMILES string of the molecule is Cc1cccc([N+](=O)[O-])c1NCC(=O)NCC1CC1. The third-order valence-corrected chi connectivity index (χ3v) is 3.16. The van der Waals surface area contributed by atoms with Crippen molar-refractivity contribution in [2.24, 2.45) is 5.92 Å². The summed E-state index contributed by atoms with van der Waals surface area (Å²) in [6, 6.07) is 4.83. The second kappa shape index (κ2) is 5.69. The molecule has 0 heterocycles. The molecule has 0 aromatic heterocycles. The summed E-state index contributed by atoms with van der Waals surface area (Å²) in [5, 5.41) is 16.6. The number of hydrogen-bond donors (Lipinski definition) is 2. The zero-order valence-electron chi connectivity index (χ0n) is 10.8. The van der Waals surface area contributed by atoms with E-state index in [1.807, 2.05) is 0 Å². The van der Waals surface area contributed by atoms with E-state index < -0.39 is 4.92 Å². The third kappa shape index (κ3) is 3.67. The molecule has 102 valence electrons. The predicted molar refractivity (Wildman–Crippen MR) is 72.1 cm³/mol. The molecule has 0 aliphatic heterocycles. The van der Waals surface area contributed by atoms with Crippen molar-refractivity contribution >= 4 is 17.3 Å². The minimum Gasteiger partial charge on any atom is -0.370 e. The first-order chi connectivity index (χ1) is 9.08. The van der Waals surface area contributed by atoms with E-state index in [1.54, 1.807) is 19.1 Å². The van der Waals surface area contributed by atoms with Gasteiger partial charge in [-0.2, -0.15) is 0 Å². The van der Waals surface area contributed by atoms with Crippen molar-refractivity contribution in [3.8, 4) is 0 Å². The number of nitrogens with zero attached hydrogens (tertiary/aromatic N) is 1. The van der Waals surface area contributed by atoms with E-state index in [9.17, 15) is 14.9 Å². The summed E-state index contributed by atoms with van der Waals surface area (Å²) in [6.07, 6.45) is 2.36. The fraction of sp³-hybridized carbons (Fsp3) is 0.462. The topological polar surface area (TPSA) is 84.3 Å². The Morgan fingerprint density at radius 1 is 1.47 bits per heavy atom. The number of nitro benzene ring substituents is 1. The largest absolute Gasteiger partial charge is 0.370 e. The smallest absolute Gasteiger partial charge is 0.292 e. The van der Waals surface area contributed by atoms with Crippen molar-refractivity contribution in [2.75, 3.05) is 18.4 Å². The van der Waals surface area contributed by atoms with Gasteiger partial charge in [0.05, 0.1) is 11.5 Å². The molecule has 2 rings (SSSR count). The van der Waals surface area contributed by atoms with Crippen LogP contribution < -0.4 is 10.6 Å². The fourth-order valence-electron chi connectivity index (χ4n) is 1.85. The van der Waals surface area contributed by atoms with E-state index >= 15 is 0 Å². The molecule has 6 heteroatoms. The lowest BCUT2D eigenvalue weighted by Crippen LogP contribution is -2.31. The summed E-state index contributed by atoms with van der Waals surface area (Å²) < 4.78 is 0. The van der Waals surface area contributed by atoms with Crippen LogP contribution in [0, 0.1) is 23.0 Å². The van der Waals surface area contributed by atoms with Crippen molar-refractivity contribution < 1.29 is 9.72 Å². The fourth-order valence-corrected chi connectivity index (χ4v) is 1.85. The van der Waals surface area contributed by atoms with Crippen LogP contribution in [0.3, 0.4) is 0 Å². The standard InChI is InChI=1S/C13H17N3O3/c1-9-3-2-4-11(16(18)19)13(9)15-8-12(17)14-7-10-5-6-10/h2-4,10,15H,5-8H2,1H3,(H,14,17). The van der Waals surface area contributed by atoms with Gasteiger partial charge in [0.1, 0.15) is 5.69 Å². The first-order valence-electron chi connectivity index (χ1n) is 6.32. The number of anilines is 1. The van der Waals surface area contributed by atoms with Gasteiger partial charge in [-0.25, -0.2) is 0 Å². The lowest BCUT2D eigenvalue weighted by atomic mass is 10.1. The number of rotatable bonds is 6. The Hall–Kier alpha value is -2.11. The maximum atomic E-state index is 11.6. The summed E-state index contributed by atoms with van der Waals surface area (Å²) in [7, 11) is 0. The predicted octanol–water partition coefficient (Wildman–Crippen LogP) is 1.84. The summed E-state index contributed by atoms with van der Waals surface area (Å²) in [4.78, 5) is 22.1. The quantitative estimate of drug-likeness (QED) is 0.606. The van der Waals surface area contributed by atoms with E-state index in [0.717, 1.165) is 5.56 Å². The second-order valence-corrected chi connectivity index (χ2v) is 4.83. The Bertz CT molecular complexity index is 498. The Morgan fingerprint density at radius 3 is 2.84 bits per heavy atom. The summed E-state index contributed by atoms with van der Waals surface area (Å²) in [6.45, 7) is 2.53. The van der Waals surface area contributed by atoms with Gasteiger partial charge in [-0.15, -0.1) is 0 Å². The van der Waals surface area contributed by atoms with Gasteiger partial charge in [0, 0.05) is 12.6 Å². The molecular weight excluding hydrogens is 246 g/mol. The zero-order valence-corrected chi connectivity index (χ0v) is 10.8. The number of hydrogen-bond acceptors (Lipinski definition) is 4. The molecule has 1 amide bonds. The van der Waals surface area contributed by atoms with E-state index in [2.05, 4.69) is 10.6 Å². The van der Waals surface area contributed by atoms with Crippen LogP contribution in [0.4, 0.5) is 11.4 Å². The van der Waals surface area contributed by atoms with Gasteiger partial charge in [-0.3, -0.25) is 14.9 Å². The maximum absolute atomic E-state index is 11.6. The molecule has 0 saturated heterocycles. The van der Waals surface area contributed by atoms with Gasteiger partial charge in [0.15, 0.2) is 0 Å². The molecule has 1 aromatic rings. The van der Waals surface area contributed by atoms with Crippen molar-refractivity contribution in [3.63, 3.8) is 0 Å². The Labute approximate surface area is 111 Å². The molecule has 19 heavy (non-hydrogen) atoms. The molecular formula is C13H17N3O3. The minimum absolute atomic E-state index is 0.00464. The Morgan fingerprint density at radius 2 is 2.21 bits per heavy atom. The Kier molecular flexibility index (Phi) is 3.99. The van der Waals surface area contributed by atoms with Crippen LogP contribution in [0.25, 0.3) is 0 Å². The van der Waals surface area contributed by atoms with Gasteiger partial charge in [-0.05, 0) is 31.2 Å². The summed E-state index contributed by atoms with van der Waals surface area (Å²) in [5.41, 5.74) is 1.16. The van der Waals surface area contributed by atoms with Crippen LogP contribution in [0.2, 0.25) is 0 Å². The van der Waals surface area contributed by atoms with Crippen LogP contribution in [0.15, 0.2) is 18.2 Å². The third-order valence-electron chi connectivity index (χ3n) is 3.16. The molecule has 1 fully saturated rings. The number of carbonyl (C=O) groups excluding carboxylic acids is 1. The van der Waals surface area contributed by atoms with Crippen molar-refractivity contribution in [1.29, 1.82) is 0 Å². The van der Waals surface area contributed by atoms with E-state index in [0.29, 0.717) is 18.2 Å². The molecule has 1 aliphatic rings. The van der Waals surface area contributed by atoms with E-state index in [4.69, 9.17) is 0 Å². The number of nitrogens with one attached hydrogen (secondary N) is 2. The highest BCUT2D eigenvalue weighted by Gasteiger charge is 2.22. The van der Waals surface area contributed by atoms with Crippen LogP contribution >= 0.6 is 0 Å². The average Bonchev–Trinajstić information content (AvgIpc) is 3.18. The molecule has 1 aliphatic carbocycles. The molecule has 0 unspecified atom stereocenters. The molecule has 6 nitrogen and oxygen atoms in total. The molecule has 0 spiro atoms. The van der Waals surface area contributed by atoms with Gasteiger partial charge in [-0.1, -0.05) is 12.1 Å². The monoisotopic (exact) mass is 263 g/mol. The highest BCUT2D eigenvalue weighted by Crippen LogP contribution is 2.28. The van der Waals surface area contributed by atoms with Crippen LogP contribution in [0.5, 0.6) is 0 Å². The lowest BCUT2D eigenvalue weighted by Gasteiger charge is -2.10. The number of carbonyl (C=O) groups is 1. The van der Waals surface area contributed by atoms with Crippen LogP contribution in [-0.4, -0.2) is 23.9 Å².